The van der Waals surface area contributed by atoms with Gasteiger partial charge in [0, 0.05) is 24.1 Å². The number of nitrogens with zero attached hydrogens (tertiary/aromatic N) is 1. The molecular formula is C14H20FNOS. The SMILES string of the molecule is CCC1CN(c2ccc([C@@H](C)O)cc2F)CCS1. The van der Waals surface area contributed by atoms with Gasteiger partial charge >= 0.3 is 0 Å². The van der Waals surface area contributed by atoms with Crippen LogP contribution < -0.4 is 4.90 Å². The fraction of sp³-hybridized carbons (Fsp3) is 0.571. The quantitative estimate of drug-likeness (QED) is 0.911. The van der Waals surface area contributed by atoms with E-state index in [1.165, 1.54) is 6.07 Å². The Morgan fingerprint density at radius 1 is 1.56 bits per heavy atom. The van der Waals surface area contributed by atoms with Crippen LogP contribution in [0.3, 0.4) is 0 Å². The minimum Gasteiger partial charge on any atom is -0.389 e. The second-order valence-electron chi connectivity index (χ2n) is 4.73. The van der Waals surface area contributed by atoms with E-state index in [-0.39, 0.29) is 5.82 Å². The maximum absolute atomic E-state index is 14.1. The molecule has 1 fully saturated rings. The molecule has 1 N–H and O–H groups in total. The number of thioether (sulfide) groups is 1. The zero-order chi connectivity index (χ0) is 13.1. The molecule has 0 saturated carbocycles. The van der Waals surface area contributed by atoms with E-state index in [0.717, 1.165) is 25.3 Å². The molecule has 1 aromatic rings. The highest BCUT2D eigenvalue weighted by Crippen LogP contribution is 2.29. The molecule has 4 heteroatoms. The first-order chi connectivity index (χ1) is 8.61. The molecule has 0 aliphatic carbocycles. The highest BCUT2D eigenvalue weighted by molar-refractivity contribution is 8.00. The van der Waals surface area contributed by atoms with Gasteiger partial charge in [0.15, 0.2) is 0 Å². The van der Waals surface area contributed by atoms with E-state index >= 15 is 0 Å². The number of halogens is 1. The van der Waals surface area contributed by atoms with Gasteiger partial charge in [-0.1, -0.05) is 13.0 Å². The van der Waals surface area contributed by atoms with Crippen molar-refractivity contribution in [2.45, 2.75) is 31.6 Å². The number of benzene rings is 1. The summed E-state index contributed by atoms with van der Waals surface area (Å²) in [6, 6.07) is 5.05. The zero-order valence-electron chi connectivity index (χ0n) is 10.9. The first kappa shape index (κ1) is 13.7. The molecule has 0 spiro atoms. The third-order valence-electron chi connectivity index (χ3n) is 3.39. The number of hydrogen-bond donors (Lipinski definition) is 1. The zero-order valence-corrected chi connectivity index (χ0v) is 11.7. The summed E-state index contributed by atoms with van der Waals surface area (Å²) in [4.78, 5) is 2.12. The minimum atomic E-state index is -0.617. The van der Waals surface area contributed by atoms with Gasteiger partial charge in [-0.25, -0.2) is 4.39 Å². The molecule has 0 amide bonds. The van der Waals surface area contributed by atoms with E-state index in [0.29, 0.717) is 16.5 Å². The molecule has 18 heavy (non-hydrogen) atoms. The lowest BCUT2D eigenvalue weighted by atomic mass is 10.1. The average Bonchev–Trinajstić information content (AvgIpc) is 2.38. The Morgan fingerprint density at radius 2 is 2.33 bits per heavy atom. The molecule has 1 aliphatic rings. The lowest BCUT2D eigenvalue weighted by Gasteiger charge is -2.34. The summed E-state index contributed by atoms with van der Waals surface area (Å²) >= 11 is 1.97. The molecule has 1 saturated heterocycles. The van der Waals surface area contributed by atoms with Crippen molar-refractivity contribution in [1.29, 1.82) is 0 Å². The smallest absolute Gasteiger partial charge is 0.146 e. The molecule has 2 nitrogen and oxygen atoms in total. The van der Waals surface area contributed by atoms with Crippen molar-refractivity contribution in [3.05, 3.63) is 29.6 Å². The van der Waals surface area contributed by atoms with Crippen molar-refractivity contribution in [2.24, 2.45) is 0 Å². The predicted molar refractivity (Wildman–Crippen MR) is 75.8 cm³/mol. The van der Waals surface area contributed by atoms with Crippen LogP contribution >= 0.6 is 11.8 Å². The van der Waals surface area contributed by atoms with Crippen LogP contribution in [0.4, 0.5) is 10.1 Å². The normalized spacial score (nSPS) is 22.0. The van der Waals surface area contributed by atoms with Gasteiger partial charge in [0.2, 0.25) is 0 Å². The molecule has 2 rings (SSSR count). The van der Waals surface area contributed by atoms with E-state index in [2.05, 4.69) is 11.8 Å². The summed E-state index contributed by atoms with van der Waals surface area (Å²) in [5.74, 6) is 0.825. The van der Waals surface area contributed by atoms with E-state index in [1.54, 1.807) is 13.0 Å². The third-order valence-corrected chi connectivity index (χ3v) is 4.76. The van der Waals surface area contributed by atoms with E-state index in [9.17, 15) is 9.50 Å². The topological polar surface area (TPSA) is 23.5 Å². The van der Waals surface area contributed by atoms with Gasteiger partial charge in [-0.2, -0.15) is 11.8 Å². The molecule has 1 heterocycles. The number of aliphatic hydroxyl groups excluding tert-OH is 1. The standard InChI is InChI=1S/C14H20FNOS/c1-3-12-9-16(6-7-18-12)14-5-4-11(10(2)17)8-13(14)15/h4-5,8,10,12,17H,3,6-7,9H2,1-2H3/t10-,12?/m1/s1. The summed E-state index contributed by atoms with van der Waals surface area (Å²) in [7, 11) is 0. The second kappa shape index (κ2) is 5.93. The average molecular weight is 269 g/mol. The Labute approximate surface area is 112 Å². The van der Waals surface area contributed by atoms with Gasteiger partial charge in [0.25, 0.3) is 0 Å². The van der Waals surface area contributed by atoms with Gasteiger partial charge in [0.05, 0.1) is 11.8 Å². The van der Waals surface area contributed by atoms with Crippen LogP contribution in [0.2, 0.25) is 0 Å². The number of rotatable bonds is 3. The Kier molecular flexibility index (Phi) is 4.51. The number of aliphatic hydroxyl groups is 1. The van der Waals surface area contributed by atoms with Crippen molar-refractivity contribution in [3.63, 3.8) is 0 Å². The molecule has 0 radical (unpaired) electrons. The molecular weight excluding hydrogens is 249 g/mol. The van der Waals surface area contributed by atoms with E-state index < -0.39 is 6.10 Å². The Bertz CT molecular complexity index is 411. The Morgan fingerprint density at radius 3 is 2.94 bits per heavy atom. The fourth-order valence-corrected chi connectivity index (χ4v) is 3.40. The lowest BCUT2D eigenvalue weighted by molar-refractivity contribution is 0.199. The summed E-state index contributed by atoms with van der Waals surface area (Å²) in [5.41, 5.74) is 1.30. The van der Waals surface area contributed by atoms with Crippen LogP contribution in [0.25, 0.3) is 0 Å². The largest absolute Gasteiger partial charge is 0.389 e. The highest BCUT2D eigenvalue weighted by atomic mass is 32.2. The number of hydrogen-bond acceptors (Lipinski definition) is 3. The van der Waals surface area contributed by atoms with Crippen LogP contribution in [0.15, 0.2) is 18.2 Å². The van der Waals surface area contributed by atoms with Gasteiger partial charge < -0.3 is 10.0 Å². The first-order valence-corrected chi connectivity index (χ1v) is 7.50. The van der Waals surface area contributed by atoms with Gasteiger partial charge in [0.1, 0.15) is 5.82 Å². The molecule has 100 valence electrons. The fourth-order valence-electron chi connectivity index (χ4n) is 2.22. The maximum atomic E-state index is 14.1. The van der Waals surface area contributed by atoms with Crippen molar-refractivity contribution in [3.8, 4) is 0 Å². The molecule has 2 atom stereocenters. The molecule has 0 aromatic heterocycles. The molecule has 1 aliphatic heterocycles. The van der Waals surface area contributed by atoms with Gasteiger partial charge in [-0.3, -0.25) is 0 Å². The molecule has 1 unspecified atom stereocenters. The van der Waals surface area contributed by atoms with Crippen LogP contribution in [-0.2, 0) is 0 Å². The molecule has 0 bridgehead atoms. The monoisotopic (exact) mass is 269 g/mol. The van der Waals surface area contributed by atoms with E-state index in [1.807, 2.05) is 17.8 Å². The van der Waals surface area contributed by atoms with Gasteiger partial charge in [-0.15, -0.1) is 0 Å². The highest BCUT2D eigenvalue weighted by Gasteiger charge is 2.21. The summed E-state index contributed by atoms with van der Waals surface area (Å²) in [6.45, 7) is 5.63. The molecule has 1 aromatic carbocycles. The van der Waals surface area contributed by atoms with Crippen molar-refractivity contribution < 1.29 is 9.50 Å². The number of anilines is 1. The van der Waals surface area contributed by atoms with Crippen molar-refractivity contribution in [1.82, 2.24) is 0 Å². The maximum Gasteiger partial charge on any atom is 0.146 e. The van der Waals surface area contributed by atoms with Crippen LogP contribution in [0, 0.1) is 5.82 Å². The van der Waals surface area contributed by atoms with E-state index in [4.69, 9.17) is 0 Å². The van der Waals surface area contributed by atoms with Crippen LogP contribution in [0.5, 0.6) is 0 Å². The van der Waals surface area contributed by atoms with Crippen LogP contribution in [0.1, 0.15) is 31.9 Å². The van der Waals surface area contributed by atoms with Gasteiger partial charge in [-0.05, 0) is 31.0 Å². The predicted octanol–water partition coefficient (Wildman–Crippen LogP) is 3.21. The minimum absolute atomic E-state index is 0.227. The summed E-state index contributed by atoms with van der Waals surface area (Å²) < 4.78 is 14.1. The third kappa shape index (κ3) is 2.98. The second-order valence-corrected chi connectivity index (χ2v) is 6.14. The summed E-state index contributed by atoms with van der Waals surface area (Å²) in [6.07, 6.45) is 0.503. The van der Waals surface area contributed by atoms with Crippen molar-refractivity contribution >= 4 is 17.4 Å². The lowest BCUT2D eigenvalue weighted by Crippen LogP contribution is -2.38. The van der Waals surface area contributed by atoms with Crippen molar-refractivity contribution in [2.75, 3.05) is 23.7 Å². The Hall–Kier alpha value is -0.740. The Balaban J connectivity index is 2.17. The summed E-state index contributed by atoms with van der Waals surface area (Å²) in [5, 5.41) is 10.0. The first-order valence-electron chi connectivity index (χ1n) is 6.46. The van der Waals surface area contributed by atoms with Crippen LogP contribution in [-0.4, -0.2) is 29.2 Å².